The first-order chi connectivity index (χ1) is 11.1. The van der Waals surface area contributed by atoms with Gasteiger partial charge in [0.25, 0.3) is 0 Å². The van der Waals surface area contributed by atoms with E-state index >= 15 is 0 Å². The molecule has 5 nitrogen and oxygen atoms in total. The smallest absolute Gasteiger partial charge is 0.408 e. The van der Waals surface area contributed by atoms with Gasteiger partial charge in [-0.25, -0.2) is 4.79 Å². The number of hydrogen-bond acceptors (Lipinski definition) is 4. The standard InChI is InChI=1S/C17H18N2O3S/c1-18(11-13-8-10-23-12-13)16(20)7-4-9-19-14-5-2-3-6-15(14)22-17(19)21/h2-3,5-6,8,10,12H,4,7,9,11H2,1H3. The first-order valence-electron chi connectivity index (χ1n) is 7.48. The summed E-state index contributed by atoms with van der Waals surface area (Å²) in [5.74, 6) is -0.290. The molecule has 0 saturated carbocycles. The molecule has 0 saturated heterocycles. The van der Waals surface area contributed by atoms with Gasteiger partial charge in [-0.2, -0.15) is 11.3 Å². The monoisotopic (exact) mass is 330 g/mol. The van der Waals surface area contributed by atoms with Gasteiger partial charge in [0, 0.05) is 26.6 Å². The van der Waals surface area contributed by atoms with Gasteiger partial charge in [-0.15, -0.1) is 0 Å². The summed E-state index contributed by atoms with van der Waals surface area (Å²) in [7, 11) is 1.80. The molecule has 6 heteroatoms. The lowest BCUT2D eigenvalue weighted by molar-refractivity contribution is -0.130. The Labute approximate surface area is 137 Å². The Bertz CT molecular complexity index is 848. The summed E-state index contributed by atoms with van der Waals surface area (Å²) in [6.07, 6.45) is 1.02. The van der Waals surface area contributed by atoms with E-state index in [1.165, 1.54) is 0 Å². The fraction of sp³-hybridized carbons (Fsp3) is 0.294. The summed E-state index contributed by atoms with van der Waals surface area (Å²) >= 11 is 1.63. The maximum atomic E-state index is 12.2. The van der Waals surface area contributed by atoms with E-state index < -0.39 is 0 Å². The van der Waals surface area contributed by atoms with Gasteiger partial charge in [-0.1, -0.05) is 12.1 Å². The quantitative estimate of drug-likeness (QED) is 0.698. The second-order valence-electron chi connectivity index (χ2n) is 5.47. The Kier molecular flexibility index (Phi) is 4.62. The van der Waals surface area contributed by atoms with Crippen molar-refractivity contribution in [2.45, 2.75) is 25.9 Å². The highest BCUT2D eigenvalue weighted by atomic mass is 32.1. The number of thiophene rings is 1. The molecule has 2 heterocycles. The first kappa shape index (κ1) is 15.6. The van der Waals surface area contributed by atoms with Gasteiger partial charge in [0.05, 0.1) is 5.52 Å². The van der Waals surface area contributed by atoms with E-state index in [0.717, 1.165) is 11.1 Å². The summed E-state index contributed by atoms with van der Waals surface area (Å²) in [6.45, 7) is 1.10. The predicted octanol–water partition coefficient (Wildman–Crippen LogP) is 3.09. The number of carbonyl (C=O) groups is 1. The zero-order chi connectivity index (χ0) is 16.2. The molecule has 0 fully saturated rings. The van der Waals surface area contributed by atoms with E-state index in [4.69, 9.17) is 4.42 Å². The highest BCUT2D eigenvalue weighted by Gasteiger charge is 2.12. The van der Waals surface area contributed by atoms with Crippen LogP contribution >= 0.6 is 11.3 Å². The van der Waals surface area contributed by atoms with Gasteiger partial charge in [0.15, 0.2) is 5.58 Å². The molecule has 3 aromatic rings. The van der Waals surface area contributed by atoms with E-state index in [0.29, 0.717) is 31.5 Å². The molecular formula is C17H18N2O3S. The molecule has 2 aromatic heterocycles. The van der Waals surface area contributed by atoms with Gasteiger partial charge < -0.3 is 9.32 Å². The van der Waals surface area contributed by atoms with Crippen LogP contribution < -0.4 is 5.76 Å². The summed E-state index contributed by atoms with van der Waals surface area (Å²) in [5, 5.41) is 4.05. The number of nitrogens with zero attached hydrogens (tertiary/aromatic N) is 2. The van der Waals surface area contributed by atoms with Crippen molar-refractivity contribution in [3.8, 4) is 0 Å². The van der Waals surface area contributed by atoms with Crippen LogP contribution in [0.1, 0.15) is 18.4 Å². The van der Waals surface area contributed by atoms with Crippen LogP contribution in [0.15, 0.2) is 50.3 Å². The van der Waals surface area contributed by atoms with E-state index in [2.05, 4.69) is 0 Å². The van der Waals surface area contributed by atoms with Crippen LogP contribution in [0.5, 0.6) is 0 Å². The highest BCUT2D eigenvalue weighted by molar-refractivity contribution is 7.07. The Hall–Kier alpha value is -2.34. The van der Waals surface area contributed by atoms with Crippen molar-refractivity contribution in [1.29, 1.82) is 0 Å². The van der Waals surface area contributed by atoms with Crippen LogP contribution in [0.25, 0.3) is 11.1 Å². The third kappa shape index (κ3) is 3.53. The topological polar surface area (TPSA) is 55.5 Å². The maximum Gasteiger partial charge on any atom is 0.419 e. The third-order valence-electron chi connectivity index (χ3n) is 3.77. The van der Waals surface area contributed by atoms with Crippen molar-refractivity contribution in [1.82, 2.24) is 9.47 Å². The molecule has 0 radical (unpaired) electrons. The number of amides is 1. The summed E-state index contributed by atoms with van der Waals surface area (Å²) in [5.41, 5.74) is 2.50. The van der Waals surface area contributed by atoms with Crippen LogP contribution in [-0.4, -0.2) is 22.4 Å². The second kappa shape index (κ2) is 6.83. The molecule has 0 atom stereocenters. The van der Waals surface area contributed by atoms with Gasteiger partial charge in [0.1, 0.15) is 0 Å². The molecule has 0 N–H and O–H groups in total. The average molecular weight is 330 g/mol. The highest BCUT2D eigenvalue weighted by Crippen LogP contribution is 2.13. The van der Waals surface area contributed by atoms with Crippen LogP contribution in [0.2, 0.25) is 0 Å². The first-order valence-corrected chi connectivity index (χ1v) is 8.43. The minimum absolute atomic E-state index is 0.0806. The molecule has 0 bridgehead atoms. The minimum atomic E-state index is -0.370. The van der Waals surface area contributed by atoms with Crippen molar-refractivity contribution < 1.29 is 9.21 Å². The number of carbonyl (C=O) groups excluding carboxylic acids is 1. The van der Waals surface area contributed by atoms with E-state index in [1.54, 1.807) is 33.9 Å². The van der Waals surface area contributed by atoms with Crippen LogP contribution in [0, 0.1) is 0 Å². The van der Waals surface area contributed by atoms with Crippen molar-refractivity contribution in [2.24, 2.45) is 0 Å². The van der Waals surface area contributed by atoms with Crippen LogP contribution in [0.4, 0.5) is 0 Å². The van der Waals surface area contributed by atoms with Gasteiger partial charge in [-0.3, -0.25) is 9.36 Å². The molecule has 0 aliphatic carbocycles. The third-order valence-corrected chi connectivity index (χ3v) is 4.50. The van der Waals surface area contributed by atoms with Crippen molar-refractivity contribution in [3.05, 3.63) is 57.2 Å². The normalized spacial score (nSPS) is 11.0. The lowest BCUT2D eigenvalue weighted by atomic mass is 10.2. The fourth-order valence-electron chi connectivity index (χ4n) is 2.55. The van der Waals surface area contributed by atoms with Gasteiger partial charge >= 0.3 is 5.76 Å². The lowest BCUT2D eigenvalue weighted by Gasteiger charge is -2.16. The Balaban J connectivity index is 1.57. The molecule has 0 aliphatic rings. The number of benzene rings is 1. The van der Waals surface area contributed by atoms with Crippen molar-refractivity contribution in [2.75, 3.05) is 7.05 Å². The van der Waals surface area contributed by atoms with Crippen molar-refractivity contribution >= 4 is 28.3 Å². The molecule has 23 heavy (non-hydrogen) atoms. The Morgan fingerprint density at radius 2 is 2.13 bits per heavy atom. The van der Waals surface area contributed by atoms with Gasteiger partial charge in [0.2, 0.25) is 5.91 Å². The molecule has 0 unspecified atom stereocenters. The Morgan fingerprint density at radius 1 is 1.30 bits per heavy atom. The zero-order valence-electron chi connectivity index (χ0n) is 12.9. The SMILES string of the molecule is CN(Cc1ccsc1)C(=O)CCCn1c(=O)oc2ccccc21. The second-order valence-corrected chi connectivity index (χ2v) is 6.25. The van der Waals surface area contributed by atoms with Crippen LogP contribution in [-0.2, 0) is 17.9 Å². The van der Waals surface area contributed by atoms with Crippen LogP contribution in [0.3, 0.4) is 0 Å². The molecular weight excluding hydrogens is 312 g/mol. The molecule has 1 aromatic carbocycles. The number of hydrogen-bond donors (Lipinski definition) is 0. The Morgan fingerprint density at radius 3 is 2.91 bits per heavy atom. The lowest BCUT2D eigenvalue weighted by Crippen LogP contribution is -2.26. The summed E-state index contributed by atoms with van der Waals surface area (Å²) in [4.78, 5) is 25.7. The average Bonchev–Trinajstić information content (AvgIpc) is 3.15. The molecule has 120 valence electrons. The van der Waals surface area contributed by atoms with Crippen molar-refractivity contribution in [3.63, 3.8) is 0 Å². The number of aromatic nitrogens is 1. The minimum Gasteiger partial charge on any atom is -0.408 e. The van der Waals surface area contributed by atoms with E-state index in [9.17, 15) is 9.59 Å². The summed E-state index contributed by atoms with van der Waals surface area (Å²) in [6, 6.07) is 9.34. The number of aryl methyl sites for hydroxylation is 1. The van der Waals surface area contributed by atoms with E-state index in [-0.39, 0.29) is 11.7 Å². The number of oxazole rings is 1. The maximum absolute atomic E-state index is 12.2. The summed E-state index contributed by atoms with van der Waals surface area (Å²) < 4.78 is 6.77. The molecule has 0 spiro atoms. The molecule has 0 aliphatic heterocycles. The number of fused-ring (bicyclic) bond motifs is 1. The fourth-order valence-corrected chi connectivity index (χ4v) is 3.21. The molecule has 1 amide bonds. The number of para-hydroxylation sites is 2. The van der Waals surface area contributed by atoms with Gasteiger partial charge in [-0.05, 0) is 40.9 Å². The molecule has 3 rings (SSSR count). The predicted molar refractivity (Wildman–Crippen MR) is 90.5 cm³/mol. The van der Waals surface area contributed by atoms with E-state index in [1.807, 2.05) is 35.0 Å². The number of rotatable bonds is 6. The zero-order valence-corrected chi connectivity index (χ0v) is 13.7. The largest absolute Gasteiger partial charge is 0.419 e.